The Morgan fingerprint density at radius 2 is 2.08 bits per heavy atom. The van der Waals surface area contributed by atoms with Gasteiger partial charge < -0.3 is 10.1 Å². The highest BCUT2D eigenvalue weighted by Crippen LogP contribution is 2.14. The number of allylic oxidation sites excluding steroid dienone is 2. The van der Waals surface area contributed by atoms with Crippen LogP contribution >= 0.6 is 0 Å². The lowest BCUT2D eigenvalue weighted by Crippen LogP contribution is -2.37. The maximum Gasteiger partial charge on any atom is 0.114 e. The van der Waals surface area contributed by atoms with Crippen LogP contribution in [0.4, 0.5) is 0 Å². The van der Waals surface area contributed by atoms with Crippen LogP contribution in [-0.4, -0.2) is 29.5 Å². The van der Waals surface area contributed by atoms with E-state index in [0.29, 0.717) is 0 Å². The molecule has 0 spiro atoms. The molecule has 1 saturated heterocycles. The van der Waals surface area contributed by atoms with Crippen LogP contribution in [0.5, 0.6) is 0 Å². The molecule has 1 aliphatic heterocycles. The van der Waals surface area contributed by atoms with Gasteiger partial charge in [0.05, 0.1) is 17.6 Å². The lowest BCUT2D eigenvalue weighted by atomic mass is 10.1. The van der Waals surface area contributed by atoms with Crippen LogP contribution in [-0.2, 0) is 4.74 Å². The molecule has 124 valence electrons. The normalized spacial score (nSPS) is 24.6. The third kappa shape index (κ3) is 2.95. The van der Waals surface area contributed by atoms with E-state index < -0.39 is 0 Å². The van der Waals surface area contributed by atoms with E-state index in [-0.39, 0.29) is 6.10 Å². The molecular formula is C20H23N3O. The molecule has 4 nitrogen and oxygen atoms in total. The van der Waals surface area contributed by atoms with Gasteiger partial charge in [0.1, 0.15) is 11.8 Å². The molecule has 4 rings (SSSR count). The van der Waals surface area contributed by atoms with Crippen molar-refractivity contribution >= 4 is 12.2 Å². The molecule has 0 saturated carbocycles. The second-order valence-corrected chi connectivity index (χ2v) is 6.37. The Balaban J connectivity index is 1.91. The van der Waals surface area contributed by atoms with E-state index in [9.17, 15) is 0 Å². The molecule has 0 amide bonds. The molecule has 1 fully saturated rings. The highest BCUT2D eigenvalue weighted by molar-refractivity contribution is 5.45. The number of aromatic nitrogens is 2. The second-order valence-electron chi connectivity index (χ2n) is 6.37. The van der Waals surface area contributed by atoms with Crippen molar-refractivity contribution in [1.29, 1.82) is 0 Å². The van der Waals surface area contributed by atoms with Crippen LogP contribution in [0, 0.1) is 6.92 Å². The van der Waals surface area contributed by atoms with Gasteiger partial charge >= 0.3 is 0 Å². The minimum atomic E-state index is 0.0108. The predicted octanol–water partition coefficient (Wildman–Crippen LogP) is 1.75. The summed E-state index contributed by atoms with van der Waals surface area (Å²) in [5, 5.41) is 10.7. The topological polar surface area (TPSA) is 39.1 Å². The van der Waals surface area contributed by atoms with Gasteiger partial charge in [-0.05, 0) is 31.9 Å². The van der Waals surface area contributed by atoms with Gasteiger partial charge in [0, 0.05) is 18.3 Å². The van der Waals surface area contributed by atoms with Crippen molar-refractivity contribution < 1.29 is 4.74 Å². The van der Waals surface area contributed by atoms with E-state index in [0.717, 1.165) is 43.9 Å². The molecule has 0 bridgehead atoms. The van der Waals surface area contributed by atoms with Crippen LogP contribution < -0.4 is 15.9 Å². The predicted molar refractivity (Wildman–Crippen MR) is 96.4 cm³/mol. The fourth-order valence-corrected chi connectivity index (χ4v) is 3.27. The molecule has 2 aliphatic rings. The first-order chi connectivity index (χ1) is 11.8. The molecule has 1 unspecified atom stereocenters. The zero-order valence-corrected chi connectivity index (χ0v) is 14.0. The van der Waals surface area contributed by atoms with Crippen molar-refractivity contribution in [3.05, 3.63) is 58.2 Å². The number of hydrogen-bond donors (Lipinski definition) is 1. The molecule has 1 aliphatic carbocycles. The zero-order chi connectivity index (χ0) is 16.4. The monoisotopic (exact) mass is 321 g/mol. The van der Waals surface area contributed by atoms with Gasteiger partial charge in [-0.3, -0.25) is 0 Å². The van der Waals surface area contributed by atoms with Gasteiger partial charge in [0.15, 0.2) is 0 Å². The Morgan fingerprint density at radius 3 is 2.88 bits per heavy atom. The fraction of sp³-hybridized carbons (Fsp3) is 0.350. The number of morpholine rings is 1. The third-order valence-electron chi connectivity index (χ3n) is 4.57. The number of benzene rings is 1. The van der Waals surface area contributed by atoms with Crippen molar-refractivity contribution in [3.8, 4) is 5.69 Å². The largest absolute Gasteiger partial charge is 0.369 e. The maximum atomic E-state index is 5.97. The number of nitrogens with zero attached hydrogens (tertiary/aromatic N) is 2. The molecular weight excluding hydrogens is 298 g/mol. The molecule has 1 N–H and O–H groups in total. The number of rotatable bonds is 2. The summed E-state index contributed by atoms with van der Waals surface area (Å²) in [6.45, 7) is 4.56. The van der Waals surface area contributed by atoms with E-state index in [1.54, 1.807) is 0 Å². The summed E-state index contributed by atoms with van der Waals surface area (Å²) in [6.07, 6.45) is 10.9. The Hall–Kier alpha value is -2.17. The fourth-order valence-electron chi connectivity index (χ4n) is 3.27. The molecule has 4 heteroatoms. The summed E-state index contributed by atoms with van der Waals surface area (Å²) in [5.74, 6) is 0. The summed E-state index contributed by atoms with van der Waals surface area (Å²) >= 11 is 0. The van der Waals surface area contributed by atoms with E-state index in [1.165, 1.54) is 16.1 Å². The second kappa shape index (κ2) is 6.75. The molecule has 0 radical (unpaired) electrons. The molecule has 24 heavy (non-hydrogen) atoms. The summed E-state index contributed by atoms with van der Waals surface area (Å²) in [7, 11) is 0. The first-order valence-corrected chi connectivity index (χ1v) is 8.68. The van der Waals surface area contributed by atoms with E-state index >= 15 is 0 Å². The van der Waals surface area contributed by atoms with Crippen LogP contribution in [0.25, 0.3) is 17.8 Å². The molecule has 2 heterocycles. The Bertz CT molecular complexity index is 856. The van der Waals surface area contributed by atoms with Crippen LogP contribution in [0.1, 0.15) is 30.2 Å². The Kier molecular flexibility index (Phi) is 4.32. The van der Waals surface area contributed by atoms with Crippen LogP contribution in [0.15, 0.2) is 36.4 Å². The summed E-state index contributed by atoms with van der Waals surface area (Å²) in [4.78, 5) is 0. The number of aryl methyl sites for hydroxylation is 1. The minimum Gasteiger partial charge on any atom is -0.369 e. The first kappa shape index (κ1) is 15.4. The van der Waals surface area contributed by atoms with Gasteiger partial charge in [-0.15, -0.1) is 0 Å². The zero-order valence-electron chi connectivity index (χ0n) is 14.0. The summed E-state index contributed by atoms with van der Waals surface area (Å²) < 4.78 is 8.04. The third-order valence-corrected chi connectivity index (χ3v) is 4.57. The number of fused-ring (bicyclic) bond motifs is 1. The van der Waals surface area contributed by atoms with E-state index in [2.05, 4.69) is 65.5 Å². The standard InChI is InChI=1S/C20H23N3O/c1-15-8-10-16(11-9-15)23-18-7-5-3-2-4-6-17(18)20(22-23)19-14-21-12-13-24-19/h2,4,6-11,19,21H,3,5,12-14H2,1H3/b4-2+,17-6+,18-7+. The van der Waals surface area contributed by atoms with Gasteiger partial charge in [0.25, 0.3) is 0 Å². The number of ether oxygens (including phenoxy) is 1. The maximum absolute atomic E-state index is 5.97. The molecule has 1 atom stereocenters. The molecule has 2 aromatic rings. The summed E-state index contributed by atoms with van der Waals surface area (Å²) in [5.41, 5.74) is 3.38. The first-order valence-electron chi connectivity index (χ1n) is 8.68. The van der Waals surface area contributed by atoms with Gasteiger partial charge in [-0.25, -0.2) is 4.68 Å². The van der Waals surface area contributed by atoms with Crippen molar-refractivity contribution in [2.75, 3.05) is 19.7 Å². The van der Waals surface area contributed by atoms with E-state index in [4.69, 9.17) is 9.84 Å². The highest BCUT2D eigenvalue weighted by Gasteiger charge is 2.21. The average Bonchev–Trinajstić information content (AvgIpc) is 2.93. The molecule has 1 aromatic carbocycles. The number of hydrogen-bond acceptors (Lipinski definition) is 3. The Morgan fingerprint density at radius 1 is 1.21 bits per heavy atom. The van der Waals surface area contributed by atoms with Crippen LogP contribution in [0.3, 0.4) is 0 Å². The number of nitrogens with one attached hydrogen (secondary N) is 1. The summed E-state index contributed by atoms with van der Waals surface area (Å²) in [6, 6.07) is 8.53. The smallest absolute Gasteiger partial charge is 0.114 e. The highest BCUT2D eigenvalue weighted by atomic mass is 16.5. The Labute approximate surface area is 142 Å². The van der Waals surface area contributed by atoms with Crippen molar-refractivity contribution in [2.45, 2.75) is 25.9 Å². The van der Waals surface area contributed by atoms with Crippen molar-refractivity contribution in [1.82, 2.24) is 15.1 Å². The van der Waals surface area contributed by atoms with Gasteiger partial charge in [-0.2, -0.15) is 5.10 Å². The SMILES string of the molecule is Cc1ccc(-n2nc(C3CNCCO3)c3/c2=C\CC\C=C\C=3)cc1. The van der Waals surface area contributed by atoms with Gasteiger partial charge in [-0.1, -0.05) is 42.0 Å². The van der Waals surface area contributed by atoms with Crippen molar-refractivity contribution in [2.24, 2.45) is 0 Å². The lowest BCUT2D eigenvalue weighted by molar-refractivity contribution is 0.0243. The van der Waals surface area contributed by atoms with Gasteiger partial charge in [0.2, 0.25) is 0 Å². The van der Waals surface area contributed by atoms with Crippen molar-refractivity contribution in [3.63, 3.8) is 0 Å². The molecule has 1 aromatic heterocycles. The quantitative estimate of drug-likeness (QED) is 0.916. The van der Waals surface area contributed by atoms with Crippen LogP contribution in [0.2, 0.25) is 0 Å². The lowest BCUT2D eigenvalue weighted by Gasteiger charge is -2.22. The van der Waals surface area contributed by atoms with E-state index in [1.807, 2.05) is 0 Å². The minimum absolute atomic E-state index is 0.0108. The average molecular weight is 321 g/mol.